The van der Waals surface area contributed by atoms with Crippen molar-refractivity contribution in [3.63, 3.8) is 0 Å². The van der Waals surface area contributed by atoms with E-state index in [1.54, 1.807) is 30.1 Å². The van der Waals surface area contributed by atoms with E-state index in [1.165, 1.54) is 0 Å². The molecule has 3 heterocycles. The number of carbonyl (C=O) groups excluding carboxylic acids is 1. The highest BCUT2D eigenvalue weighted by Crippen LogP contribution is 2.36. The van der Waals surface area contributed by atoms with E-state index in [-0.39, 0.29) is 18.6 Å². The van der Waals surface area contributed by atoms with Crippen LogP contribution in [0.15, 0.2) is 22.7 Å². The third-order valence-electron chi connectivity index (χ3n) is 6.87. The molecule has 10 nitrogen and oxygen atoms in total. The number of halogens is 1. The highest BCUT2D eigenvalue weighted by molar-refractivity contribution is 6.33. The van der Waals surface area contributed by atoms with Crippen LogP contribution < -0.4 is 10.1 Å². The summed E-state index contributed by atoms with van der Waals surface area (Å²) in [6.45, 7) is 9.73. The van der Waals surface area contributed by atoms with Gasteiger partial charge in [-0.2, -0.15) is 0 Å². The number of likely N-dealkylation sites (tertiary alicyclic amines) is 1. The average molecular weight is 558 g/mol. The Morgan fingerprint density at radius 1 is 1.31 bits per heavy atom. The minimum Gasteiger partial charge on any atom is -0.491 e. The van der Waals surface area contributed by atoms with Crippen LogP contribution in [0.2, 0.25) is 5.02 Å². The van der Waals surface area contributed by atoms with E-state index in [2.05, 4.69) is 10.5 Å². The third-order valence-corrected chi connectivity index (χ3v) is 7.20. The Hall–Kier alpha value is -3.21. The second-order valence-corrected chi connectivity index (χ2v) is 10.2. The number of aliphatic hydroxyl groups is 1. The number of aromatic nitrogens is 3. The minimum atomic E-state index is -0.650. The molecule has 4 rings (SSSR count). The van der Waals surface area contributed by atoms with Crippen LogP contribution >= 0.6 is 11.6 Å². The molecule has 0 aliphatic carbocycles. The predicted molar refractivity (Wildman–Crippen MR) is 148 cm³/mol. The monoisotopic (exact) mass is 557 g/mol. The molecule has 0 bridgehead atoms. The Labute approximate surface area is 233 Å². The van der Waals surface area contributed by atoms with Gasteiger partial charge in [0.25, 0.3) is 0 Å². The quantitative estimate of drug-likeness (QED) is 0.374. The Kier molecular flexibility index (Phi) is 9.42. The van der Waals surface area contributed by atoms with E-state index in [9.17, 15) is 9.90 Å². The smallest absolute Gasteiger partial charge is 0.409 e. The van der Waals surface area contributed by atoms with Crippen molar-refractivity contribution in [1.82, 2.24) is 25.3 Å². The fourth-order valence-electron chi connectivity index (χ4n) is 4.85. The highest BCUT2D eigenvalue weighted by Gasteiger charge is 2.29. The number of aryl methyl sites for hydroxylation is 2. The fourth-order valence-corrected chi connectivity index (χ4v) is 5.05. The lowest BCUT2D eigenvalue weighted by molar-refractivity contribution is 0.108. The molecule has 2 atom stereocenters. The van der Waals surface area contributed by atoms with Crippen molar-refractivity contribution in [2.75, 3.05) is 39.9 Å². The zero-order valence-electron chi connectivity index (χ0n) is 23.1. The second kappa shape index (κ2) is 12.8. The van der Waals surface area contributed by atoms with Gasteiger partial charge >= 0.3 is 6.09 Å². The van der Waals surface area contributed by atoms with Crippen molar-refractivity contribution in [2.45, 2.75) is 46.6 Å². The lowest BCUT2D eigenvalue weighted by Crippen LogP contribution is -2.29. The molecular weight excluding hydrogens is 522 g/mol. The number of hydrogen-bond donors (Lipinski definition) is 2. The number of hydrogen-bond acceptors (Lipinski definition) is 9. The predicted octanol–water partition coefficient (Wildman–Crippen LogP) is 4.36. The van der Waals surface area contributed by atoms with Gasteiger partial charge in [-0.3, -0.25) is 0 Å². The van der Waals surface area contributed by atoms with Crippen LogP contribution in [0, 0.1) is 26.7 Å². The third kappa shape index (κ3) is 6.69. The lowest BCUT2D eigenvalue weighted by atomic mass is 9.96. The van der Waals surface area contributed by atoms with Crippen molar-refractivity contribution in [3.8, 4) is 28.4 Å². The number of benzene rings is 1. The van der Waals surface area contributed by atoms with E-state index in [0.717, 1.165) is 34.6 Å². The maximum atomic E-state index is 12.3. The van der Waals surface area contributed by atoms with Crippen LogP contribution in [0.4, 0.5) is 4.79 Å². The van der Waals surface area contributed by atoms with Gasteiger partial charge in [0, 0.05) is 30.9 Å². The maximum absolute atomic E-state index is 12.3. The van der Waals surface area contributed by atoms with Crippen LogP contribution in [0.1, 0.15) is 36.1 Å². The summed E-state index contributed by atoms with van der Waals surface area (Å²) in [5.41, 5.74) is 4.72. The first kappa shape index (κ1) is 28.8. The molecule has 11 heteroatoms. The summed E-state index contributed by atoms with van der Waals surface area (Å²) in [5, 5.41) is 17.6. The molecule has 0 saturated carbocycles. The highest BCUT2D eigenvalue weighted by atomic mass is 35.5. The Bertz CT molecular complexity index is 1290. The number of nitrogens with zero attached hydrogens (tertiary/aromatic N) is 4. The van der Waals surface area contributed by atoms with Crippen molar-refractivity contribution in [3.05, 3.63) is 45.9 Å². The molecule has 39 heavy (non-hydrogen) atoms. The van der Waals surface area contributed by atoms with Crippen molar-refractivity contribution in [1.29, 1.82) is 0 Å². The molecule has 0 spiro atoms. The van der Waals surface area contributed by atoms with Gasteiger partial charge in [0.15, 0.2) is 5.82 Å². The molecule has 2 aromatic heterocycles. The zero-order chi connectivity index (χ0) is 28.1. The molecule has 1 aliphatic rings. The average Bonchev–Trinajstić information content (AvgIpc) is 3.51. The van der Waals surface area contributed by atoms with E-state index < -0.39 is 6.10 Å². The number of likely N-dealkylation sites (N-methyl/N-ethyl adjacent to an activating group) is 1. The Morgan fingerprint density at radius 3 is 2.79 bits per heavy atom. The van der Waals surface area contributed by atoms with Crippen LogP contribution in [-0.4, -0.2) is 77.2 Å². The van der Waals surface area contributed by atoms with Gasteiger partial charge < -0.3 is 29.3 Å². The number of carbonyl (C=O) groups is 1. The summed E-state index contributed by atoms with van der Waals surface area (Å²) in [6.07, 6.45) is 0.595. The first-order valence-electron chi connectivity index (χ1n) is 13.2. The molecule has 1 aliphatic heterocycles. The summed E-state index contributed by atoms with van der Waals surface area (Å²) < 4.78 is 16.5. The Morgan fingerprint density at radius 2 is 2.10 bits per heavy atom. The number of amides is 1. The minimum absolute atomic E-state index is 0.130. The van der Waals surface area contributed by atoms with Gasteiger partial charge in [-0.15, -0.1) is 0 Å². The normalized spacial score (nSPS) is 16.0. The number of rotatable bonds is 10. The maximum Gasteiger partial charge on any atom is 0.409 e. The van der Waals surface area contributed by atoms with Crippen molar-refractivity contribution < 1.29 is 23.9 Å². The zero-order valence-corrected chi connectivity index (χ0v) is 23.8. The SMILES string of the molecule is CCOC(=O)N1CC[C@H](Cc2nc(-c3cc(OC[C@H](O)CNC)ccc3Cl)nc(-c3c(C)noc3C)c2C)C1. The Balaban J connectivity index is 1.71. The van der Waals surface area contributed by atoms with E-state index in [1.807, 2.05) is 27.7 Å². The molecule has 2 N–H and O–H groups in total. The van der Waals surface area contributed by atoms with Crippen LogP contribution in [0.3, 0.4) is 0 Å². The van der Waals surface area contributed by atoms with E-state index >= 15 is 0 Å². The summed E-state index contributed by atoms with van der Waals surface area (Å²) in [4.78, 5) is 23.9. The topological polar surface area (TPSA) is 123 Å². The molecule has 1 saturated heterocycles. The lowest BCUT2D eigenvalue weighted by Gasteiger charge is -2.18. The largest absolute Gasteiger partial charge is 0.491 e. The van der Waals surface area contributed by atoms with Gasteiger partial charge in [-0.25, -0.2) is 14.8 Å². The van der Waals surface area contributed by atoms with Crippen LogP contribution in [0.5, 0.6) is 5.75 Å². The summed E-state index contributed by atoms with van der Waals surface area (Å²) in [7, 11) is 1.77. The van der Waals surface area contributed by atoms with Gasteiger partial charge in [0.1, 0.15) is 24.2 Å². The van der Waals surface area contributed by atoms with Crippen LogP contribution in [-0.2, 0) is 11.2 Å². The van der Waals surface area contributed by atoms with Gasteiger partial charge in [0.05, 0.1) is 28.6 Å². The number of ether oxygens (including phenoxy) is 2. The molecule has 3 aromatic rings. The number of nitrogens with one attached hydrogen (secondary N) is 1. The summed E-state index contributed by atoms with van der Waals surface area (Å²) >= 11 is 6.65. The van der Waals surface area contributed by atoms with Crippen molar-refractivity contribution in [2.24, 2.45) is 5.92 Å². The first-order chi connectivity index (χ1) is 18.7. The summed E-state index contributed by atoms with van der Waals surface area (Å²) in [5.74, 6) is 1.90. The molecule has 0 radical (unpaired) electrons. The molecule has 210 valence electrons. The standard InChI is InChI=1S/C28H36ClN5O5/c1-6-37-28(36)34-10-9-19(14-34)11-24-16(2)26(25-17(3)33-39-18(25)4)32-27(31-24)22-12-21(7-8-23(22)29)38-15-20(35)13-30-5/h7-8,12,19-20,30,35H,6,9-11,13-15H2,1-5H3/t19-,20-/m1/s1. The number of aliphatic hydroxyl groups excluding tert-OH is 1. The van der Waals surface area contributed by atoms with E-state index in [4.69, 9.17) is 35.6 Å². The van der Waals surface area contributed by atoms with E-state index in [0.29, 0.717) is 60.6 Å². The molecule has 1 amide bonds. The fraction of sp³-hybridized carbons (Fsp3) is 0.500. The van der Waals surface area contributed by atoms with Gasteiger partial charge in [-0.1, -0.05) is 16.8 Å². The van der Waals surface area contributed by atoms with Crippen molar-refractivity contribution >= 4 is 17.7 Å². The molecule has 1 fully saturated rings. The molecular formula is C28H36ClN5O5. The molecule has 1 aromatic carbocycles. The first-order valence-corrected chi connectivity index (χ1v) is 13.6. The van der Waals surface area contributed by atoms with Gasteiger partial charge in [0.2, 0.25) is 0 Å². The molecule has 0 unspecified atom stereocenters. The summed E-state index contributed by atoms with van der Waals surface area (Å²) in [6, 6.07) is 5.28. The van der Waals surface area contributed by atoms with Crippen LogP contribution in [0.25, 0.3) is 22.6 Å². The second-order valence-electron chi connectivity index (χ2n) is 9.83. The van der Waals surface area contributed by atoms with Gasteiger partial charge in [-0.05, 0) is 77.3 Å².